The van der Waals surface area contributed by atoms with E-state index in [2.05, 4.69) is 5.32 Å². The molecular formula is C11H11ClF3NO3. The molecule has 0 aromatic heterocycles. The molecule has 0 bridgehead atoms. The lowest BCUT2D eigenvalue weighted by atomic mass is 10.1. The van der Waals surface area contributed by atoms with E-state index in [4.69, 9.17) is 21.4 Å². The molecule has 2 N–H and O–H groups in total. The van der Waals surface area contributed by atoms with Crippen molar-refractivity contribution in [1.82, 2.24) is 5.32 Å². The largest absolute Gasteiger partial charge is 0.496 e. The smallest absolute Gasteiger partial charge is 0.417 e. The van der Waals surface area contributed by atoms with Gasteiger partial charge in [-0.05, 0) is 24.1 Å². The van der Waals surface area contributed by atoms with Crippen LogP contribution in [0.4, 0.5) is 18.0 Å². The molecular weight excluding hydrogens is 287 g/mol. The summed E-state index contributed by atoms with van der Waals surface area (Å²) in [6, 6.07) is 1.94. The van der Waals surface area contributed by atoms with E-state index in [1.807, 2.05) is 0 Å². The molecule has 0 aliphatic rings. The van der Waals surface area contributed by atoms with Crippen LogP contribution in [0.3, 0.4) is 0 Å². The Labute approximate surface area is 112 Å². The minimum absolute atomic E-state index is 0.0175. The van der Waals surface area contributed by atoms with Crippen LogP contribution in [0.1, 0.15) is 11.1 Å². The Bertz CT molecular complexity index is 477. The van der Waals surface area contributed by atoms with Gasteiger partial charge in [0.1, 0.15) is 5.75 Å². The van der Waals surface area contributed by atoms with Crippen LogP contribution in [0.2, 0.25) is 5.02 Å². The third-order valence-corrected chi connectivity index (χ3v) is 2.66. The minimum atomic E-state index is -4.57. The summed E-state index contributed by atoms with van der Waals surface area (Å²) in [5.74, 6) is 0.0175. The van der Waals surface area contributed by atoms with Gasteiger partial charge in [0.2, 0.25) is 0 Å². The highest BCUT2D eigenvalue weighted by Gasteiger charge is 2.34. The Morgan fingerprint density at radius 1 is 1.47 bits per heavy atom. The van der Waals surface area contributed by atoms with E-state index in [1.54, 1.807) is 0 Å². The topological polar surface area (TPSA) is 58.6 Å². The van der Waals surface area contributed by atoms with Crippen LogP contribution in [-0.2, 0) is 12.6 Å². The second-order valence-corrected chi connectivity index (χ2v) is 4.03. The number of benzene rings is 1. The van der Waals surface area contributed by atoms with Crippen molar-refractivity contribution in [1.29, 1.82) is 0 Å². The molecule has 4 nitrogen and oxygen atoms in total. The van der Waals surface area contributed by atoms with Gasteiger partial charge in [-0.15, -0.1) is 0 Å². The third-order valence-electron chi connectivity index (χ3n) is 2.35. The predicted octanol–water partition coefficient (Wildman–Crippen LogP) is 3.18. The molecule has 0 spiro atoms. The fourth-order valence-corrected chi connectivity index (χ4v) is 1.79. The van der Waals surface area contributed by atoms with Crippen LogP contribution in [0.25, 0.3) is 0 Å². The molecule has 1 amide bonds. The van der Waals surface area contributed by atoms with Gasteiger partial charge in [0, 0.05) is 6.54 Å². The molecule has 106 valence electrons. The summed E-state index contributed by atoms with van der Waals surface area (Å²) >= 11 is 5.57. The maximum atomic E-state index is 12.6. The first-order valence-electron chi connectivity index (χ1n) is 5.16. The molecule has 8 heteroatoms. The summed E-state index contributed by atoms with van der Waals surface area (Å²) in [4.78, 5) is 10.3. The molecule has 0 unspecified atom stereocenters. The fourth-order valence-electron chi connectivity index (χ4n) is 1.50. The highest BCUT2D eigenvalue weighted by Crippen LogP contribution is 2.38. The first-order valence-corrected chi connectivity index (χ1v) is 5.54. The fraction of sp³-hybridized carbons (Fsp3) is 0.364. The van der Waals surface area contributed by atoms with Crippen molar-refractivity contribution < 1.29 is 27.8 Å². The van der Waals surface area contributed by atoms with Crippen molar-refractivity contribution in [3.05, 3.63) is 28.3 Å². The molecule has 0 radical (unpaired) electrons. The van der Waals surface area contributed by atoms with Gasteiger partial charge in [-0.2, -0.15) is 13.2 Å². The summed E-state index contributed by atoms with van der Waals surface area (Å²) in [7, 11) is 1.23. The van der Waals surface area contributed by atoms with E-state index in [0.29, 0.717) is 5.56 Å². The molecule has 19 heavy (non-hydrogen) atoms. The van der Waals surface area contributed by atoms with E-state index in [0.717, 1.165) is 12.1 Å². The van der Waals surface area contributed by atoms with Gasteiger partial charge in [0.25, 0.3) is 0 Å². The third kappa shape index (κ3) is 4.20. The van der Waals surface area contributed by atoms with Crippen LogP contribution in [0.5, 0.6) is 5.75 Å². The van der Waals surface area contributed by atoms with Crippen molar-refractivity contribution in [3.63, 3.8) is 0 Å². The second kappa shape index (κ2) is 6.01. The molecule has 0 saturated carbocycles. The molecule has 0 heterocycles. The van der Waals surface area contributed by atoms with Crippen molar-refractivity contribution in [2.75, 3.05) is 13.7 Å². The molecule has 0 aliphatic carbocycles. The molecule has 1 aromatic rings. The summed E-state index contributed by atoms with van der Waals surface area (Å²) < 4.78 is 42.7. The average Bonchev–Trinajstić information content (AvgIpc) is 2.27. The zero-order valence-corrected chi connectivity index (χ0v) is 10.6. The summed E-state index contributed by atoms with van der Waals surface area (Å²) in [6.45, 7) is 0.0490. The summed E-state index contributed by atoms with van der Waals surface area (Å²) in [6.07, 6.45) is -5.60. The van der Waals surface area contributed by atoms with Gasteiger partial charge in [-0.25, -0.2) is 4.79 Å². The number of rotatable bonds is 4. The molecule has 0 aliphatic heterocycles. The molecule has 1 rings (SSSR count). The molecule has 1 aromatic carbocycles. The Balaban J connectivity index is 3.00. The van der Waals surface area contributed by atoms with Crippen LogP contribution in [0.15, 0.2) is 12.1 Å². The maximum absolute atomic E-state index is 12.6. The number of alkyl halides is 3. The van der Waals surface area contributed by atoms with E-state index >= 15 is 0 Å². The zero-order chi connectivity index (χ0) is 14.6. The number of methoxy groups -OCH3 is 1. The lowest BCUT2D eigenvalue weighted by Crippen LogP contribution is -2.23. The number of ether oxygens (including phenoxy) is 1. The zero-order valence-electron chi connectivity index (χ0n) is 9.84. The normalized spacial score (nSPS) is 11.2. The number of hydrogen-bond acceptors (Lipinski definition) is 2. The number of nitrogens with one attached hydrogen (secondary N) is 1. The maximum Gasteiger partial charge on any atom is 0.417 e. The quantitative estimate of drug-likeness (QED) is 0.897. The van der Waals surface area contributed by atoms with Gasteiger partial charge >= 0.3 is 12.3 Å². The standard InChI is InChI=1S/C11H11ClF3NO3/c1-19-9-5-7(11(13,14)15)8(12)4-6(9)2-3-16-10(17)18/h4-5,16H,2-3H2,1H3,(H,17,18). The number of halogens is 4. The number of carboxylic acid groups (broad SMARTS) is 1. The van der Waals surface area contributed by atoms with Gasteiger partial charge in [0.05, 0.1) is 17.7 Å². The monoisotopic (exact) mass is 297 g/mol. The Hall–Kier alpha value is -1.63. The number of carbonyl (C=O) groups is 1. The first-order chi connectivity index (χ1) is 8.75. The molecule has 0 saturated heterocycles. The lowest BCUT2D eigenvalue weighted by molar-refractivity contribution is -0.137. The SMILES string of the molecule is COc1cc(C(F)(F)F)c(Cl)cc1CCNC(=O)O. The minimum Gasteiger partial charge on any atom is -0.496 e. The lowest BCUT2D eigenvalue weighted by Gasteiger charge is -2.14. The van der Waals surface area contributed by atoms with Crippen molar-refractivity contribution in [3.8, 4) is 5.75 Å². The predicted molar refractivity (Wildman–Crippen MR) is 62.7 cm³/mol. The van der Waals surface area contributed by atoms with Crippen LogP contribution < -0.4 is 10.1 Å². The Morgan fingerprint density at radius 3 is 2.58 bits per heavy atom. The summed E-state index contributed by atoms with van der Waals surface area (Å²) in [5.41, 5.74) is -0.588. The molecule has 0 atom stereocenters. The first kappa shape index (κ1) is 15.4. The van der Waals surface area contributed by atoms with Crippen LogP contribution in [-0.4, -0.2) is 24.9 Å². The van der Waals surface area contributed by atoms with E-state index in [-0.39, 0.29) is 18.7 Å². The average molecular weight is 298 g/mol. The highest BCUT2D eigenvalue weighted by atomic mass is 35.5. The number of amides is 1. The van der Waals surface area contributed by atoms with Crippen molar-refractivity contribution >= 4 is 17.7 Å². The summed E-state index contributed by atoms with van der Waals surface area (Å²) in [5, 5.41) is 10.1. The highest BCUT2D eigenvalue weighted by molar-refractivity contribution is 6.31. The van der Waals surface area contributed by atoms with E-state index < -0.39 is 22.9 Å². The molecule has 0 fully saturated rings. The van der Waals surface area contributed by atoms with Gasteiger partial charge < -0.3 is 15.2 Å². The number of hydrogen-bond donors (Lipinski definition) is 2. The van der Waals surface area contributed by atoms with Crippen molar-refractivity contribution in [2.24, 2.45) is 0 Å². The van der Waals surface area contributed by atoms with Crippen LogP contribution >= 0.6 is 11.6 Å². The van der Waals surface area contributed by atoms with Gasteiger partial charge in [-0.3, -0.25) is 0 Å². The van der Waals surface area contributed by atoms with Crippen LogP contribution in [0, 0.1) is 0 Å². The van der Waals surface area contributed by atoms with Crippen molar-refractivity contribution in [2.45, 2.75) is 12.6 Å². The van der Waals surface area contributed by atoms with Gasteiger partial charge in [0.15, 0.2) is 0 Å². The van der Waals surface area contributed by atoms with Gasteiger partial charge in [-0.1, -0.05) is 11.6 Å². The Kier molecular flexibility index (Phi) is 4.88. The van der Waals surface area contributed by atoms with E-state index in [1.165, 1.54) is 7.11 Å². The Morgan fingerprint density at radius 2 is 2.11 bits per heavy atom. The second-order valence-electron chi connectivity index (χ2n) is 3.62. The van der Waals surface area contributed by atoms with E-state index in [9.17, 15) is 18.0 Å².